The summed E-state index contributed by atoms with van der Waals surface area (Å²) in [6, 6.07) is 7.90. The van der Waals surface area contributed by atoms with Crippen LogP contribution in [0.5, 0.6) is 0 Å². The van der Waals surface area contributed by atoms with Gasteiger partial charge in [0.2, 0.25) is 5.91 Å². The molecule has 132 valence electrons. The molecule has 5 rings (SSSR count). The molecule has 4 heterocycles. The molecular weight excluding hydrogens is 348 g/mol. The number of rotatable bonds is 1. The van der Waals surface area contributed by atoms with E-state index in [1.807, 2.05) is 10.6 Å². The standard InChI is InChI=1S/C19H18N4O2S/c20-19-22-14-9-21-15(24)7-13(18(14)26-19)12-8-16(25)23-6-2-4-10-3-1-5-11(12)17(10)23/h1,3,5,8,13H,2,4,6-7,9H2,(H2,20,22)(H,21,24). The van der Waals surface area contributed by atoms with Gasteiger partial charge in [0.15, 0.2) is 5.13 Å². The number of thiazole rings is 1. The van der Waals surface area contributed by atoms with Crippen LogP contribution in [0, 0.1) is 0 Å². The summed E-state index contributed by atoms with van der Waals surface area (Å²) in [5.74, 6) is -0.221. The molecule has 0 saturated carbocycles. The zero-order chi connectivity index (χ0) is 17.8. The van der Waals surface area contributed by atoms with Gasteiger partial charge in [0.1, 0.15) is 0 Å². The van der Waals surface area contributed by atoms with Crippen LogP contribution in [0.3, 0.4) is 0 Å². The van der Waals surface area contributed by atoms with Crippen molar-refractivity contribution in [1.82, 2.24) is 14.9 Å². The van der Waals surface area contributed by atoms with Crippen molar-refractivity contribution in [2.75, 3.05) is 5.73 Å². The number of nitrogens with zero attached hydrogens (tertiary/aromatic N) is 2. The number of nitrogen functional groups attached to an aromatic ring is 1. The van der Waals surface area contributed by atoms with Crippen LogP contribution in [-0.4, -0.2) is 15.5 Å². The molecule has 0 bridgehead atoms. The van der Waals surface area contributed by atoms with E-state index in [2.05, 4.69) is 22.4 Å². The van der Waals surface area contributed by atoms with Crippen LogP contribution in [0.4, 0.5) is 5.13 Å². The van der Waals surface area contributed by atoms with Gasteiger partial charge in [0.25, 0.3) is 5.56 Å². The second-order valence-electron chi connectivity index (χ2n) is 6.90. The van der Waals surface area contributed by atoms with Crippen molar-refractivity contribution in [2.24, 2.45) is 0 Å². The largest absolute Gasteiger partial charge is 0.375 e. The van der Waals surface area contributed by atoms with Gasteiger partial charge in [-0.05, 0) is 24.0 Å². The first-order valence-electron chi connectivity index (χ1n) is 8.79. The molecule has 0 aliphatic carbocycles. The average molecular weight is 366 g/mol. The molecule has 0 radical (unpaired) electrons. The van der Waals surface area contributed by atoms with Crippen molar-refractivity contribution in [1.29, 1.82) is 0 Å². The van der Waals surface area contributed by atoms with Gasteiger partial charge in [-0.1, -0.05) is 18.2 Å². The summed E-state index contributed by atoms with van der Waals surface area (Å²) < 4.78 is 1.87. The number of amides is 1. The Morgan fingerprint density at radius 2 is 2.19 bits per heavy atom. The summed E-state index contributed by atoms with van der Waals surface area (Å²) in [7, 11) is 0. The first-order chi connectivity index (χ1) is 12.6. The molecule has 26 heavy (non-hydrogen) atoms. The summed E-state index contributed by atoms with van der Waals surface area (Å²) in [5, 5.41) is 4.44. The van der Waals surface area contributed by atoms with Gasteiger partial charge in [-0.15, -0.1) is 11.3 Å². The highest BCUT2D eigenvalue weighted by Gasteiger charge is 2.30. The molecule has 7 heteroatoms. The van der Waals surface area contributed by atoms with Crippen LogP contribution in [0.25, 0.3) is 10.9 Å². The third-order valence-corrected chi connectivity index (χ3v) is 6.39. The Labute approximate surface area is 153 Å². The van der Waals surface area contributed by atoms with Gasteiger partial charge in [0.05, 0.1) is 17.8 Å². The number of hydrogen-bond acceptors (Lipinski definition) is 5. The highest BCUT2D eigenvalue weighted by molar-refractivity contribution is 7.15. The predicted molar refractivity (Wildman–Crippen MR) is 101 cm³/mol. The van der Waals surface area contributed by atoms with E-state index >= 15 is 0 Å². The van der Waals surface area contributed by atoms with Crippen LogP contribution in [0.2, 0.25) is 0 Å². The zero-order valence-electron chi connectivity index (χ0n) is 14.1. The number of carbonyl (C=O) groups is 1. The lowest BCUT2D eigenvalue weighted by atomic mass is 9.88. The summed E-state index contributed by atoms with van der Waals surface area (Å²) in [6.07, 6.45) is 2.26. The number of pyridine rings is 1. The molecule has 6 nitrogen and oxygen atoms in total. The number of para-hydroxylation sites is 1. The normalized spacial score (nSPS) is 19.1. The molecule has 0 fully saturated rings. The summed E-state index contributed by atoms with van der Waals surface area (Å²) in [5.41, 5.74) is 9.88. The third-order valence-electron chi connectivity index (χ3n) is 5.35. The number of nitrogens with one attached hydrogen (secondary N) is 1. The van der Waals surface area contributed by atoms with Gasteiger partial charge in [-0.2, -0.15) is 0 Å². The minimum absolute atomic E-state index is 0.00309. The van der Waals surface area contributed by atoms with Crippen LogP contribution >= 0.6 is 11.3 Å². The zero-order valence-corrected chi connectivity index (χ0v) is 14.9. The maximum Gasteiger partial charge on any atom is 0.251 e. The van der Waals surface area contributed by atoms with Crippen molar-refractivity contribution >= 4 is 33.3 Å². The van der Waals surface area contributed by atoms with Crippen molar-refractivity contribution in [3.05, 3.63) is 56.3 Å². The monoisotopic (exact) mass is 366 g/mol. The van der Waals surface area contributed by atoms with E-state index in [1.54, 1.807) is 6.07 Å². The smallest absolute Gasteiger partial charge is 0.251 e. The van der Waals surface area contributed by atoms with E-state index in [1.165, 1.54) is 16.9 Å². The SMILES string of the molecule is Nc1nc2c(s1)C(c1cc(=O)n3c4c(cccc14)CCC3)CC(=O)NC2. The predicted octanol–water partition coefficient (Wildman–Crippen LogP) is 2.14. The van der Waals surface area contributed by atoms with Crippen LogP contribution in [0.15, 0.2) is 29.1 Å². The Morgan fingerprint density at radius 1 is 1.31 bits per heavy atom. The lowest BCUT2D eigenvalue weighted by Gasteiger charge is -2.23. The second kappa shape index (κ2) is 5.67. The number of anilines is 1. The van der Waals surface area contributed by atoms with Crippen molar-refractivity contribution in [3.63, 3.8) is 0 Å². The Morgan fingerprint density at radius 3 is 3.08 bits per heavy atom. The van der Waals surface area contributed by atoms with Gasteiger partial charge in [-0.25, -0.2) is 4.98 Å². The molecule has 1 unspecified atom stereocenters. The Kier molecular flexibility index (Phi) is 3.40. The summed E-state index contributed by atoms with van der Waals surface area (Å²) in [4.78, 5) is 30.5. The number of fused-ring (bicyclic) bond motifs is 1. The third kappa shape index (κ3) is 2.27. The highest BCUT2D eigenvalue weighted by Crippen LogP contribution is 2.40. The molecule has 3 N–H and O–H groups in total. The average Bonchev–Trinajstić information content (AvgIpc) is 2.94. The molecule has 1 atom stereocenters. The molecular formula is C19H18N4O2S. The van der Waals surface area contributed by atoms with Crippen molar-refractivity contribution < 1.29 is 4.79 Å². The number of aromatic nitrogens is 2. The van der Waals surface area contributed by atoms with E-state index in [0.717, 1.165) is 46.4 Å². The van der Waals surface area contributed by atoms with E-state index in [-0.39, 0.29) is 17.4 Å². The van der Waals surface area contributed by atoms with Gasteiger partial charge in [-0.3, -0.25) is 9.59 Å². The minimum Gasteiger partial charge on any atom is -0.375 e. The maximum atomic E-state index is 12.8. The molecule has 1 aromatic carbocycles. The molecule has 0 spiro atoms. The second-order valence-corrected chi connectivity index (χ2v) is 7.97. The summed E-state index contributed by atoms with van der Waals surface area (Å²) in [6.45, 7) is 1.13. The number of nitrogens with two attached hydrogens (primary N) is 1. The van der Waals surface area contributed by atoms with Crippen LogP contribution < -0.4 is 16.6 Å². The molecule has 1 amide bonds. The lowest BCUT2D eigenvalue weighted by molar-refractivity contribution is -0.121. The summed E-state index contributed by atoms with van der Waals surface area (Å²) >= 11 is 1.42. The topological polar surface area (TPSA) is 90.0 Å². The Bertz CT molecular complexity index is 1110. The Hall–Kier alpha value is -2.67. The molecule has 0 saturated heterocycles. The fourth-order valence-corrected chi connectivity index (χ4v) is 5.22. The maximum absolute atomic E-state index is 12.8. The Balaban J connectivity index is 1.81. The van der Waals surface area contributed by atoms with Gasteiger partial charge < -0.3 is 15.6 Å². The quantitative estimate of drug-likeness (QED) is 0.690. The number of aryl methyl sites for hydroxylation is 2. The molecule has 2 aliphatic rings. The van der Waals surface area contributed by atoms with E-state index in [0.29, 0.717) is 18.1 Å². The van der Waals surface area contributed by atoms with E-state index in [4.69, 9.17) is 5.73 Å². The fraction of sp³-hybridized carbons (Fsp3) is 0.316. The number of carbonyl (C=O) groups excluding carboxylic acids is 1. The fourth-order valence-electron chi connectivity index (χ4n) is 4.25. The van der Waals surface area contributed by atoms with Crippen LogP contribution in [-0.2, 0) is 24.3 Å². The molecule has 3 aromatic rings. The highest BCUT2D eigenvalue weighted by atomic mass is 32.1. The lowest BCUT2D eigenvalue weighted by Crippen LogP contribution is -2.26. The van der Waals surface area contributed by atoms with Crippen LogP contribution in [0.1, 0.15) is 40.5 Å². The van der Waals surface area contributed by atoms with Gasteiger partial charge in [0, 0.05) is 35.2 Å². The minimum atomic E-state index is -0.193. The van der Waals surface area contributed by atoms with Crippen molar-refractivity contribution in [2.45, 2.75) is 38.3 Å². The molecule has 2 aromatic heterocycles. The number of benzene rings is 1. The van der Waals surface area contributed by atoms with E-state index in [9.17, 15) is 9.59 Å². The van der Waals surface area contributed by atoms with E-state index < -0.39 is 0 Å². The van der Waals surface area contributed by atoms with Gasteiger partial charge >= 0.3 is 0 Å². The first-order valence-corrected chi connectivity index (χ1v) is 9.60. The van der Waals surface area contributed by atoms with Crippen molar-refractivity contribution in [3.8, 4) is 0 Å². The number of hydrogen-bond donors (Lipinski definition) is 2. The first kappa shape index (κ1) is 15.6. The molecule has 2 aliphatic heterocycles.